The highest BCUT2D eigenvalue weighted by Gasteiger charge is 2.29. The number of carbonyl (C=O) groups is 1. The van der Waals surface area contributed by atoms with Crippen LogP contribution in [0.4, 0.5) is 5.95 Å². The van der Waals surface area contributed by atoms with Crippen molar-refractivity contribution in [1.82, 2.24) is 4.57 Å². The second-order valence-corrected chi connectivity index (χ2v) is 11.8. The number of benzene rings is 3. The Morgan fingerprint density at radius 3 is 2.03 bits per heavy atom. The van der Waals surface area contributed by atoms with Gasteiger partial charge in [0.05, 0.1) is 6.54 Å². The van der Waals surface area contributed by atoms with E-state index in [1.165, 1.54) is 5.56 Å². The topological polar surface area (TPSA) is 72.1 Å². The number of hydrogen-bond acceptors (Lipinski definition) is 3. The molecule has 0 bridgehead atoms. The number of nitrogens with two attached hydrogens (primary N) is 1. The molecular formula is C31H38N3O2+. The largest absolute Gasteiger partial charge is 0.507 e. The number of phenols is 1. The number of imidazole rings is 1. The number of carbonyl (C=O) groups excluding carboxylic acids is 1. The first kappa shape index (κ1) is 25.5. The fraction of sp³-hybridized carbons (Fsp3) is 0.355. The molecule has 4 rings (SSSR count). The molecule has 0 aliphatic rings. The fourth-order valence-electron chi connectivity index (χ4n) is 4.70. The summed E-state index contributed by atoms with van der Waals surface area (Å²) in [5, 5.41) is 11.1. The predicted molar refractivity (Wildman–Crippen MR) is 147 cm³/mol. The Bertz CT molecular complexity index is 1400. The highest BCUT2D eigenvalue weighted by molar-refractivity contribution is 5.97. The van der Waals surface area contributed by atoms with E-state index < -0.39 is 0 Å². The number of rotatable bonds is 5. The maximum Gasteiger partial charge on any atom is 0.356 e. The van der Waals surface area contributed by atoms with Crippen LogP contribution in [0.3, 0.4) is 0 Å². The van der Waals surface area contributed by atoms with Crippen molar-refractivity contribution in [2.45, 2.75) is 72.4 Å². The normalized spacial score (nSPS) is 12.3. The quantitative estimate of drug-likeness (QED) is 0.267. The zero-order valence-electron chi connectivity index (χ0n) is 22.5. The monoisotopic (exact) mass is 484 g/mol. The van der Waals surface area contributed by atoms with E-state index in [9.17, 15) is 9.90 Å². The molecule has 0 saturated carbocycles. The van der Waals surface area contributed by atoms with Gasteiger partial charge in [-0.3, -0.25) is 10.5 Å². The summed E-state index contributed by atoms with van der Waals surface area (Å²) < 4.78 is 3.96. The Morgan fingerprint density at radius 2 is 1.47 bits per heavy atom. The molecule has 36 heavy (non-hydrogen) atoms. The van der Waals surface area contributed by atoms with Gasteiger partial charge in [0.2, 0.25) is 0 Å². The molecule has 0 radical (unpaired) electrons. The molecule has 5 nitrogen and oxygen atoms in total. The SMILES string of the molecule is Cc1ccc(C[n+]2c(N)n(CC(=O)c3cc(C(C)(C)C)c(O)c(C(C)(C)C)c3)c3ccccc32)cc1. The minimum atomic E-state index is -0.309. The van der Waals surface area contributed by atoms with Crippen LogP contribution in [0, 0.1) is 6.92 Å². The Hall–Kier alpha value is -3.60. The Balaban J connectivity index is 1.78. The number of aryl methyl sites for hydroxylation is 1. The van der Waals surface area contributed by atoms with Crippen molar-refractivity contribution in [3.63, 3.8) is 0 Å². The van der Waals surface area contributed by atoms with Crippen LogP contribution in [0.2, 0.25) is 0 Å². The summed E-state index contributed by atoms with van der Waals surface area (Å²) in [5.74, 6) is 0.769. The maximum atomic E-state index is 13.7. The number of fused-ring (bicyclic) bond motifs is 1. The number of aromatic hydroxyl groups is 1. The highest BCUT2D eigenvalue weighted by Crippen LogP contribution is 2.40. The number of nitrogen functional groups attached to an aromatic ring is 1. The number of para-hydroxylation sites is 2. The van der Waals surface area contributed by atoms with Crippen LogP contribution in [0.5, 0.6) is 5.75 Å². The van der Waals surface area contributed by atoms with E-state index in [1.54, 1.807) is 0 Å². The molecule has 0 aliphatic carbocycles. The van der Waals surface area contributed by atoms with Crippen LogP contribution < -0.4 is 10.3 Å². The average Bonchev–Trinajstić information content (AvgIpc) is 3.05. The molecule has 4 aromatic rings. The Labute approximate surface area is 214 Å². The van der Waals surface area contributed by atoms with E-state index in [-0.39, 0.29) is 28.9 Å². The molecule has 0 saturated heterocycles. The third-order valence-corrected chi connectivity index (χ3v) is 6.83. The van der Waals surface area contributed by atoms with Crippen LogP contribution >= 0.6 is 0 Å². The molecule has 0 unspecified atom stereocenters. The summed E-state index contributed by atoms with van der Waals surface area (Å²) in [4.78, 5) is 13.7. The van der Waals surface area contributed by atoms with Crippen molar-refractivity contribution in [1.29, 1.82) is 0 Å². The Morgan fingerprint density at radius 1 is 0.917 bits per heavy atom. The molecule has 188 valence electrons. The average molecular weight is 485 g/mol. The van der Waals surface area contributed by atoms with Gasteiger partial charge < -0.3 is 5.11 Å². The number of hydrogen-bond donors (Lipinski definition) is 2. The van der Waals surface area contributed by atoms with E-state index in [0.717, 1.165) is 27.7 Å². The van der Waals surface area contributed by atoms with Crippen LogP contribution in [0.25, 0.3) is 11.0 Å². The summed E-state index contributed by atoms with van der Waals surface area (Å²) in [6.45, 7) is 15.1. The van der Waals surface area contributed by atoms with Crippen molar-refractivity contribution in [2.75, 3.05) is 5.73 Å². The predicted octanol–water partition coefficient (Wildman–Crippen LogP) is 6.05. The molecule has 3 N–H and O–H groups in total. The van der Waals surface area contributed by atoms with Crippen LogP contribution in [-0.4, -0.2) is 15.5 Å². The van der Waals surface area contributed by atoms with E-state index in [2.05, 4.69) is 35.8 Å². The van der Waals surface area contributed by atoms with Gasteiger partial charge in [0, 0.05) is 16.7 Å². The molecule has 1 heterocycles. The van der Waals surface area contributed by atoms with Gasteiger partial charge in [-0.15, -0.1) is 0 Å². The first-order chi connectivity index (χ1) is 16.8. The van der Waals surface area contributed by atoms with Gasteiger partial charge in [-0.1, -0.05) is 83.5 Å². The molecule has 0 atom stereocenters. The molecule has 0 spiro atoms. The zero-order valence-corrected chi connectivity index (χ0v) is 22.5. The van der Waals surface area contributed by atoms with Gasteiger partial charge in [-0.2, -0.15) is 0 Å². The summed E-state index contributed by atoms with van der Waals surface area (Å²) in [5.41, 5.74) is 12.5. The minimum absolute atomic E-state index is 0.0408. The smallest absolute Gasteiger partial charge is 0.356 e. The molecule has 3 aromatic carbocycles. The first-order valence-corrected chi connectivity index (χ1v) is 12.5. The van der Waals surface area contributed by atoms with Crippen molar-refractivity contribution in [3.8, 4) is 5.75 Å². The molecule has 5 heteroatoms. The standard InChI is InChI=1S/C31H37N3O2/c1-20-12-14-21(15-13-20)18-33-25-10-8-9-11-26(25)34(29(33)32)19-27(35)22-16-23(30(2,3)4)28(36)24(17-22)31(5,6)7/h8-17,32H,18-19H2,1-7H3,(H,35,36)/p+1. The zero-order chi connectivity index (χ0) is 26.4. The number of aromatic nitrogens is 2. The van der Waals surface area contributed by atoms with Crippen molar-refractivity contribution >= 4 is 22.8 Å². The summed E-state index contributed by atoms with van der Waals surface area (Å²) in [7, 11) is 0. The molecule has 0 fully saturated rings. The van der Waals surface area contributed by atoms with Gasteiger partial charge in [-0.25, -0.2) is 9.13 Å². The second kappa shape index (κ2) is 9.12. The molecule has 0 amide bonds. The third-order valence-electron chi connectivity index (χ3n) is 6.83. The van der Waals surface area contributed by atoms with Gasteiger partial charge in [0.15, 0.2) is 5.78 Å². The van der Waals surface area contributed by atoms with Gasteiger partial charge in [0.25, 0.3) is 0 Å². The van der Waals surface area contributed by atoms with E-state index in [0.29, 0.717) is 18.1 Å². The second-order valence-electron chi connectivity index (χ2n) is 11.8. The summed E-state index contributed by atoms with van der Waals surface area (Å²) in [6, 6.07) is 20.1. The van der Waals surface area contributed by atoms with E-state index in [1.807, 2.05) is 82.5 Å². The minimum Gasteiger partial charge on any atom is -0.507 e. The molecule has 1 aromatic heterocycles. The van der Waals surface area contributed by atoms with Crippen molar-refractivity contribution < 1.29 is 14.5 Å². The number of nitrogens with zero attached hydrogens (tertiary/aromatic N) is 2. The van der Waals surface area contributed by atoms with Crippen molar-refractivity contribution in [2.24, 2.45) is 0 Å². The van der Waals surface area contributed by atoms with Gasteiger partial charge in [-0.05, 0) is 47.6 Å². The van der Waals surface area contributed by atoms with E-state index >= 15 is 0 Å². The maximum absolute atomic E-state index is 13.7. The lowest BCUT2D eigenvalue weighted by Gasteiger charge is -2.28. The van der Waals surface area contributed by atoms with E-state index in [4.69, 9.17) is 5.73 Å². The summed E-state index contributed by atoms with van der Waals surface area (Å²) in [6.07, 6.45) is 0. The number of phenolic OH excluding ortho intramolecular Hbond substituents is 1. The van der Waals surface area contributed by atoms with Crippen LogP contribution in [0.15, 0.2) is 60.7 Å². The number of anilines is 1. The number of Topliss-reactive ketones (excluding diaryl/α,β-unsaturated/α-hetero) is 1. The Kier molecular flexibility index (Phi) is 6.46. The summed E-state index contributed by atoms with van der Waals surface area (Å²) >= 11 is 0. The molecular weight excluding hydrogens is 446 g/mol. The van der Waals surface area contributed by atoms with Crippen LogP contribution in [0.1, 0.15) is 74.2 Å². The first-order valence-electron chi connectivity index (χ1n) is 12.5. The third kappa shape index (κ3) is 4.88. The number of ketones is 1. The van der Waals surface area contributed by atoms with Crippen molar-refractivity contribution in [3.05, 3.63) is 88.5 Å². The molecule has 0 aliphatic heterocycles. The lowest BCUT2D eigenvalue weighted by atomic mass is 9.78. The lowest BCUT2D eigenvalue weighted by molar-refractivity contribution is -0.648. The lowest BCUT2D eigenvalue weighted by Crippen LogP contribution is -2.37. The fourth-order valence-corrected chi connectivity index (χ4v) is 4.70. The highest BCUT2D eigenvalue weighted by atomic mass is 16.3. The van der Waals surface area contributed by atoms with Crippen LogP contribution in [-0.2, 0) is 23.9 Å². The van der Waals surface area contributed by atoms with Gasteiger partial charge in [0.1, 0.15) is 23.3 Å². The van der Waals surface area contributed by atoms with Gasteiger partial charge >= 0.3 is 5.95 Å².